The summed E-state index contributed by atoms with van der Waals surface area (Å²) in [5, 5.41) is 0.178. The highest BCUT2D eigenvalue weighted by Gasteiger charge is 2.46. The van der Waals surface area contributed by atoms with E-state index in [1.165, 1.54) is 37.6 Å². The van der Waals surface area contributed by atoms with Crippen LogP contribution in [0.4, 0.5) is 13.2 Å². The molecular formula is C15H10ClF3N2O. The monoisotopic (exact) mass is 326 g/mol. The predicted octanol–water partition coefficient (Wildman–Crippen LogP) is 4.05. The zero-order valence-corrected chi connectivity index (χ0v) is 12.1. The summed E-state index contributed by atoms with van der Waals surface area (Å²) in [6.07, 6.45) is -0.0969. The Hall–Kier alpha value is -1.92. The minimum absolute atomic E-state index is 0.0975. The highest BCUT2D eigenvalue weighted by atomic mass is 35.5. The van der Waals surface area contributed by atoms with Crippen molar-refractivity contribution in [2.24, 2.45) is 9.98 Å². The molecule has 0 N–H and O–H groups in total. The average Bonchev–Trinajstić information content (AvgIpc) is 2.87. The summed E-state index contributed by atoms with van der Waals surface area (Å²) in [5.41, 5.74) is -1.69. The predicted molar refractivity (Wildman–Crippen MR) is 78.1 cm³/mol. The SMILES string of the molecule is COC1(c2ccccc2C(F)(F)F)N=CC=C2N=C(Cl)C=C21. The van der Waals surface area contributed by atoms with E-state index >= 15 is 0 Å². The Bertz CT molecular complexity index is 749. The number of hydrogen-bond acceptors (Lipinski definition) is 3. The molecule has 2 aliphatic heterocycles. The molecular weight excluding hydrogens is 317 g/mol. The Morgan fingerprint density at radius 1 is 1.23 bits per heavy atom. The third kappa shape index (κ3) is 2.19. The third-order valence-corrected chi connectivity index (χ3v) is 3.71. The van der Waals surface area contributed by atoms with E-state index in [1.807, 2.05) is 0 Å². The molecule has 1 unspecified atom stereocenters. The first kappa shape index (κ1) is 15.0. The van der Waals surface area contributed by atoms with Crippen LogP contribution in [0, 0.1) is 0 Å². The van der Waals surface area contributed by atoms with Gasteiger partial charge in [0.05, 0.1) is 11.3 Å². The first-order valence-corrected chi connectivity index (χ1v) is 6.70. The van der Waals surface area contributed by atoms with Crippen molar-refractivity contribution < 1.29 is 17.9 Å². The number of methoxy groups -OCH3 is 1. The number of alkyl halides is 3. The fourth-order valence-electron chi connectivity index (χ4n) is 2.59. The molecule has 0 fully saturated rings. The van der Waals surface area contributed by atoms with E-state index in [9.17, 15) is 13.2 Å². The standard InChI is InChI=1S/C15H10ClF3N2O/c1-22-14(9-4-2-3-5-10(9)15(17,18)19)11-8-13(16)21-12(11)6-7-20-14/h2-8H,1H3. The Kier molecular flexibility index (Phi) is 3.45. The molecule has 2 heterocycles. The van der Waals surface area contributed by atoms with Crippen LogP contribution in [0.2, 0.25) is 0 Å². The zero-order valence-electron chi connectivity index (χ0n) is 11.4. The quantitative estimate of drug-likeness (QED) is 0.807. The molecule has 3 nitrogen and oxygen atoms in total. The highest BCUT2D eigenvalue weighted by Crippen LogP contribution is 2.47. The molecule has 1 aromatic carbocycles. The van der Waals surface area contributed by atoms with Gasteiger partial charge in [-0.05, 0) is 18.2 Å². The van der Waals surface area contributed by atoms with E-state index in [4.69, 9.17) is 16.3 Å². The molecule has 22 heavy (non-hydrogen) atoms. The molecule has 0 saturated carbocycles. The number of hydrogen-bond donors (Lipinski definition) is 0. The van der Waals surface area contributed by atoms with Crippen molar-refractivity contribution in [2.45, 2.75) is 11.9 Å². The maximum Gasteiger partial charge on any atom is 0.416 e. The van der Waals surface area contributed by atoms with Gasteiger partial charge in [-0.15, -0.1) is 0 Å². The molecule has 0 amide bonds. The smallest absolute Gasteiger partial charge is 0.349 e. The van der Waals surface area contributed by atoms with Gasteiger partial charge in [0.2, 0.25) is 5.72 Å². The summed E-state index contributed by atoms with van der Waals surface area (Å²) in [7, 11) is 1.31. The molecule has 1 aromatic rings. The number of rotatable bonds is 2. The van der Waals surface area contributed by atoms with Gasteiger partial charge in [0.25, 0.3) is 0 Å². The Labute approximate surface area is 129 Å². The maximum atomic E-state index is 13.3. The molecule has 0 aromatic heterocycles. The van der Waals surface area contributed by atoms with Gasteiger partial charge >= 0.3 is 6.18 Å². The Balaban J connectivity index is 2.24. The Morgan fingerprint density at radius 2 is 1.95 bits per heavy atom. The third-order valence-electron chi connectivity index (χ3n) is 3.51. The lowest BCUT2D eigenvalue weighted by atomic mass is 9.87. The van der Waals surface area contributed by atoms with Gasteiger partial charge in [-0.2, -0.15) is 13.2 Å². The lowest BCUT2D eigenvalue weighted by molar-refractivity contribution is -0.140. The van der Waals surface area contributed by atoms with Crippen LogP contribution < -0.4 is 0 Å². The molecule has 0 aliphatic carbocycles. The van der Waals surface area contributed by atoms with Crippen LogP contribution in [0.3, 0.4) is 0 Å². The minimum Gasteiger partial charge on any atom is -0.349 e. The lowest BCUT2D eigenvalue weighted by Crippen LogP contribution is -2.33. The highest BCUT2D eigenvalue weighted by molar-refractivity contribution is 6.69. The number of dihydropyridines is 1. The molecule has 2 aliphatic rings. The van der Waals surface area contributed by atoms with Gasteiger partial charge < -0.3 is 4.74 Å². The van der Waals surface area contributed by atoms with Gasteiger partial charge in [-0.1, -0.05) is 29.8 Å². The number of halogens is 4. The second-order valence-corrected chi connectivity index (χ2v) is 5.10. The summed E-state index contributed by atoms with van der Waals surface area (Å²) >= 11 is 5.89. The van der Waals surface area contributed by atoms with Crippen molar-refractivity contribution >= 4 is 23.0 Å². The lowest BCUT2D eigenvalue weighted by Gasteiger charge is -2.34. The van der Waals surface area contributed by atoms with E-state index in [-0.39, 0.29) is 10.7 Å². The second kappa shape index (κ2) is 5.07. The van der Waals surface area contributed by atoms with Gasteiger partial charge in [0, 0.05) is 24.5 Å². The summed E-state index contributed by atoms with van der Waals surface area (Å²) in [6.45, 7) is 0. The van der Waals surface area contributed by atoms with Crippen molar-refractivity contribution in [3.05, 3.63) is 58.8 Å². The summed E-state index contributed by atoms with van der Waals surface area (Å²) in [6, 6.07) is 5.18. The van der Waals surface area contributed by atoms with E-state index < -0.39 is 17.5 Å². The maximum absolute atomic E-state index is 13.3. The van der Waals surface area contributed by atoms with E-state index in [2.05, 4.69) is 9.98 Å². The zero-order chi connectivity index (χ0) is 16.0. The van der Waals surface area contributed by atoms with Crippen molar-refractivity contribution in [1.82, 2.24) is 0 Å². The van der Waals surface area contributed by atoms with E-state index in [0.29, 0.717) is 11.3 Å². The Morgan fingerprint density at radius 3 is 2.64 bits per heavy atom. The number of aliphatic imine (C=N–C) groups is 2. The van der Waals surface area contributed by atoms with Crippen LogP contribution in [0.5, 0.6) is 0 Å². The van der Waals surface area contributed by atoms with Gasteiger partial charge in [0.1, 0.15) is 5.17 Å². The van der Waals surface area contributed by atoms with Crippen LogP contribution in [0.25, 0.3) is 0 Å². The first-order chi connectivity index (χ1) is 10.4. The molecule has 1 atom stereocenters. The van der Waals surface area contributed by atoms with Crippen LogP contribution >= 0.6 is 11.6 Å². The summed E-state index contributed by atoms with van der Waals surface area (Å²) in [4.78, 5) is 8.25. The fourth-order valence-corrected chi connectivity index (χ4v) is 2.79. The number of benzene rings is 1. The van der Waals surface area contributed by atoms with Crippen LogP contribution in [0.1, 0.15) is 11.1 Å². The summed E-state index contributed by atoms with van der Waals surface area (Å²) in [5.74, 6) is 0. The van der Waals surface area contributed by atoms with Crippen LogP contribution in [0.15, 0.2) is 57.7 Å². The molecule has 3 rings (SSSR count). The number of ether oxygens (including phenoxy) is 1. The number of nitrogens with zero attached hydrogens (tertiary/aromatic N) is 2. The fraction of sp³-hybridized carbons (Fsp3) is 0.200. The minimum atomic E-state index is -4.53. The molecule has 0 saturated heterocycles. The normalized spacial score (nSPS) is 23.8. The van der Waals surface area contributed by atoms with Gasteiger partial charge in [0.15, 0.2) is 0 Å². The molecule has 0 spiro atoms. The number of allylic oxidation sites excluding steroid dienone is 2. The van der Waals surface area contributed by atoms with Crippen molar-refractivity contribution in [2.75, 3.05) is 7.11 Å². The largest absolute Gasteiger partial charge is 0.416 e. The summed E-state index contributed by atoms with van der Waals surface area (Å²) < 4.78 is 45.4. The van der Waals surface area contributed by atoms with E-state index in [0.717, 1.165) is 6.07 Å². The van der Waals surface area contributed by atoms with Crippen molar-refractivity contribution in [3.8, 4) is 0 Å². The van der Waals surface area contributed by atoms with Gasteiger partial charge in [-0.25, -0.2) is 9.98 Å². The second-order valence-electron chi connectivity index (χ2n) is 4.71. The molecule has 114 valence electrons. The van der Waals surface area contributed by atoms with Crippen molar-refractivity contribution in [3.63, 3.8) is 0 Å². The molecule has 0 bridgehead atoms. The molecule has 0 radical (unpaired) electrons. The average molecular weight is 327 g/mol. The molecule has 7 heteroatoms. The topological polar surface area (TPSA) is 34.0 Å². The van der Waals surface area contributed by atoms with Gasteiger partial charge in [-0.3, -0.25) is 0 Å². The number of fused-ring (bicyclic) bond motifs is 1. The van der Waals surface area contributed by atoms with Crippen molar-refractivity contribution in [1.29, 1.82) is 0 Å². The van der Waals surface area contributed by atoms with E-state index in [1.54, 1.807) is 6.08 Å². The van der Waals surface area contributed by atoms with Crippen LogP contribution in [-0.2, 0) is 16.6 Å². The first-order valence-electron chi connectivity index (χ1n) is 6.32. The van der Waals surface area contributed by atoms with Crippen LogP contribution in [-0.4, -0.2) is 18.5 Å².